The van der Waals surface area contributed by atoms with E-state index in [1.165, 1.54) is 12.8 Å². The normalized spacial score (nSPS) is 20.8. The van der Waals surface area contributed by atoms with Crippen LogP contribution in [0.4, 0.5) is 0 Å². The maximum Gasteiger partial charge on any atom is 0.0769 e. The van der Waals surface area contributed by atoms with Crippen molar-refractivity contribution in [3.05, 3.63) is 48.3 Å². The van der Waals surface area contributed by atoms with Crippen LogP contribution in [0.2, 0.25) is 0 Å². The summed E-state index contributed by atoms with van der Waals surface area (Å²) >= 11 is 0. The van der Waals surface area contributed by atoms with Crippen LogP contribution in [-0.4, -0.2) is 38.5 Å². The highest BCUT2D eigenvalue weighted by Gasteiger charge is 2.26. The molecule has 4 nitrogen and oxygen atoms in total. The van der Waals surface area contributed by atoms with Crippen molar-refractivity contribution in [1.82, 2.24) is 14.7 Å². The molecule has 0 radical (unpaired) electrons. The van der Waals surface area contributed by atoms with E-state index in [2.05, 4.69) is 28.2 Å². The van der Waals surface area contributed by atoms with Gasteiger partial charge in [0.1, 0.15) is 0 Å². The topological polar surface area (TPSA) is 41.3 Å². The number of hydrogen-bond acceptors (Lipinski definition) is 3. The lowest BCUT2D eigenvalue weighted by molar-refractivity contribution is 0.130. The van der Waals surface area contributed by atoms with Crippen LogP contribution in [0, 0.1) is 0 Å². The van der Waals surface area contributed by atoms with Gasteiger partial charge in [-0.3, -0.25) is 4.90 Å². The first-order valence-corrected chi connectivity index (χ1v) is 7.74. The molecule has 0 aliphatic carbocycles. The third kappa shape index (κ3) is 3.52. The predicted molar refractivity (Wildman–Crippen MR) is 83.3 cm³/mol. The maximum atomic E-state index is 9.60. The molecular formula is C17H23N3O. The van der Waals surface area contributed by atoms with Gasteiger partial charge < -0.3 is 5.11 Å². The molecule has 2 aromatic rings. The summed E-state index contributed by atoms with van der Waals surface area (Å²) in [4.78, 5) is 2.45. The number of para-hydroxylation sites is 1. The van der Waals surface area contributed by atoms with E-state index in [4.69, 9.17) is 0 Å². The fraction of sp³-hybridized carbons (Fsp3) is 0.471. The molecule has 0 spiro atoms. The molecule has 0 saturated carbocycles. The Bertz CT molecular complexity index is 564. The third-order valence-corrected chi connectivity index (χ3v) is 4.14. The first-order valence-electron chi connectivity index (χ1n) is 7.74. The molecule has 2 heterocycles. The van der Waals surface area contributed by atoms with Crippen LogP contribution in [0.1, 0.15) is 31.9 Å². The average Bonchev–Trinajstić information content (AvgIpc) is 3.10. The van der Waals surface area contributed by atoms with Gasteiger partial charge in [0.05, 0.1) is 17.5 Å². The molecule has 2 unspecified atom stereocenters. The molecule has 1 saturated heterocycles. The van der Waals surface area contributed by atoms with Gasteiger partial charge in [0, 0.05) is 18.8 Å². The van der Waals surface area contributed by atoms with Gasteiger partial charge in [-0.15, -0.1) is 0 Å². The summed E-state index contributed by atoms with van der Waals surface area (Å²) in [6.07, 6.45) is 5.06. The number of rotatable bonds is 5. The van der Waals surface area contributed by atoms with Crippen molar-refractivity contribution >= 4 is 0 Å². The van der Waals surface area contributed by atoms with E-state index in [9.17, 15) is 5.11 Å². The molecule has 112 valence electrons. The Labute approximate surface area is 126 Å². The lowest BCUT2D eigenvalue weighted by Gasteiger charge is -2.24. The molecule has 1 fully saturated rings. The Morgan fingerprint density at radius 3 is 2.86 bits per heavy atom. The Kier molecular flexibility index (Phi) is 4.36. The van der Waals surface area contributed by atoms with Gasteiger partial charge in [-0.05, 0) is 50.9 Å². The second kappa shape index (κ2) is 6.41. The average molecular weight is 285 g/mol. The molecule has 0 amide bonds. The van der Waals surface area contributed by atoms with E-state index < -0.39 is 0 Å². The van der Waals surface area contributed by atoms with E-state index >= 15 is 0 Å². The highest BCUT2D eigenvalue weighted by Crippen LogP contribution is 2.23. The SMILES string of the molecule is CC(O)CC1CCCN1Cc1ccn(-c2ccccc2)n1. The largest absolute Gasteiger partial charge is 0.393 e. The zero-order valence-electron chi connectivity index (χ0n) is 12.5. The molecule has 0 bridgehead atoms. The van der Waals surface area contributed by atoms with Gasteiger partial charge in [-0.2, -0.15) is 5.10 Å². The predicted octanol–water partition coefficient (Wildman–Crippen LogP) is 2.61. The summed E-state index contributed by atoms with van der Waals surface area (Å²) in [5.41, 5.74) is 2.18. The fourth-order valence-corrected chi connectivity index (χ4v) is 3.14. The van der Waals surface area contributed by atoms with E-state index in [0.717, 1.165) is 30.9 Å². The van der Waals surface area contributed by atoms with Crippen LogP contribution in [0.5, 0.6) is 0 Å². The smallest absolute Gasteiger partial charge is 0.0769 e. The molecule has 1 aromatic carbocycles. The number of nitrogens with zero attached hydrogens (tertiary/aromatic N) is 3. The van der Waals surface area contributed by atoms with Gasteiger partial charge >= 0.3 is 0 Å². The van der Waals surface area contributed by atoms with Gasteiger partial charge in [-0.25, -0.2) is 4.68 Å². The van der Waals surface area contributed by atoms with Gasteiger partial charge in [-0.1, -0.05) is 18.2 Å². The van der Waals surface area contributed by atoms with E-state index in [1.807, 2.05) is 36.0 Å². The summed E-state index contributed by atoms with van der Waals surface area (Å²) in [5.74, 6) is 0. The zero-order valence-corrected chi connectivity index (χ0v) is 12.5. The first kappa shape index (κ1) is 14.3. The minimum atomic E-state index is -0.225. The van der Waals surface area contributed by atoms with E-state index in [-0.39, 0.29) is 6.10 Å². The number of aromatic nitrogens is 2. The molecule has 4 heteroatoms. The Morgan fingerprint density at radius 1 is 1.29 bits per heavy atom. The summed E-state index contributed by atoms with van der Waals surface area (Å²) < 4.78 is 1.93. The van der Waals surface area contributed by atoms with Crippen LogP contribution in [-0.2, 0) is 6.54 Å². The van der Waals surface area contributed by atoms with Crippen molar-refractivity contribution in [3.63, 3.8) is 0 Å². The molecule has 1 aromatic heterocycles. The Balaban J connectivity index is 1.67. The standard InChI is InChI=1S/C17H23N3O/c1-14(21)12-17-8-5-10-19(17)13-15-9-11-20(18-15)16-6-3-2-4-7-16/h2-4,6-7,9,11,14,17,21H,5,8,10,12-13H2,1H3. The first-order chi connectivity index (χ1) is 10.2. The Morgan fingerprint density at radius 2 is 2.10 bits per heavy atom. The quantitative estimate of drug-likeness (QED) is 0.918. The minimum Gasteiger partial charge on any atom is -0.393 e. The monoisotopic (exact) mass is 285 g/mol. The van der Waals surface area contributed by atoms with Crippen molar-refractivity contribution in [3.8, 4) is 5.69 Å². The molecule has 1 N–H and O–H groups in total. The number of hydrogen-bond donors (Lipinski definition) is 1. The van der Waals surface area contributed by atoms with Crippen molar-refractivity contribution in [2.24, 2.45) is 0 Å². The molecule has 1 aliphatic rings. The van der Waals surface area contributed by atoms with E-state index in [0.29, 0.717) is 6.04 Å². The van der Waals surface area contributed by atoms with Crippen LogP contribution >= 0.6 is 0 Å². The summed E-state index contributed by atoms with van der Waals surface area (Å²) in [6, 6.07) is 12.8. The number of aliphatic hydroxyl groups is 1. The van der Waals surface area contributed by atoms with Crippen molar-refractivity contribution in [2.45, 2.75) is 44.9 Å². The number of likely N-dealkylation sites (tertiary alicyclic amines) is 1. The second-order valence-electron chi connectivity index (χ2n) is 5.94. The van der Waals surface area contributed by atoms with Gasteiger partial charge in [0.25, 0.3) is 0 Å². The molecule has 21 heavy (non-hydrogen) atoms. The van der Waals surface area contributed by atoms with Gasteiger partial charge in [0.15, 0.2) is 0 Å². The summed E-state index contributed by atoms with van der Waals surface area (Å²) in [7, 11) is 0. The Hall–Kier alpha value is -1.65. The van der Waals surface area contributed by atoms with Crippen LogP contribution in [0.15, 0.2) is 42.6 Å². The van der Waals surface area contributed by atoms with Crippen molar-refractivity contribution in [2.75, 3.05) is 6.54 Å². The van der Waals surface area contributed by atoms with Crippen LogP contribution < -0.4 is 0 Å². The minimum absolute atomic E-state index is 0.225. The van der Waals surface area contributed by atoms with Crippen LogP contribution in [0.25, 0.3) is 5.69 Å². The molecule has 2 atom stereocenters. The molecule has 1 aliphatic heterocycles. The lowest BCUT2D eigenvalue weighted by atomic mass is 10.1. The van der Waals surface area contributed by atoms with Gasteiger partial charge in [0.2, 0.25) is 0 Å². The summed E-state index contributed by atoms with van der Waals surface area (Å²) in [6.45, 7) is 3.85. The highest BCUT2D eigenvalue weighted by molar-refractivity contribution is 5.30. The third-order valence-electron chi connectivity index (χ3n) is 4.14. The molecule has 3 rings (SSSR count). The highest BCUT2D eigenvalue weighted by atomic mass is 16.3. The van der Waals surface area contributed by atoms with Crippen molar-refractivity contribution in [1.29, 1.82) is 0 Å². The lowest BCUT2D eigenvalue weighted by Crippen LogP contribution is -2.31. The number of benzene rings is 1. The van der Waals surface area contributed by atoms with E-state index in [1.54, 1.807) is 0 Å². The fourth-order valence-electron chi connectivity index (χ4n) is 3.14. The van der Waals surface area contributed by atoms with Crippen LogP contribution in [0.3, 0.4) is 0 Å². The zero-order chi connectivity index (χ0) is 14.7. The maximum absolute atomic E-state index is 9.60. The number of aliphatic hydroxyl groups excluding tert-OH is 1. The summed E-state index contributed by atoms with van der Waals surface area (Å²) in [5, 5.41) is 14.3. The second-order valence-corrected chi connectivity index (χ2v) is 5.94. The van der Waals surface area contributed by atoms with Crippen molar-refractivity contribution < 1.29 is 5.11 Å². The molecular weight excluding hydrogens is 262 g/mol.